The number of hydrogen-bond donors (Lipinski definition) is 1. The molecule has 1 unspecified atom stereocenters. The average molecular weight is 253 g/mol. The summed E-state index contributed by atoms with van der Waals surface area (Å²) in [6.07, 6.45) is 6.63. The second-order valence-electron chi connectivity index (χ2n) is 6.21. The van der Waals surface area contributed by atoms with Crippen LogP contribution in [0.5, 0.6) is 0 Å². The lowest BCUT2D eigenvalue weighted by atomic mass is 9.85. The van der Waals surface area contributed by atoms with E-state index in [1.165, 1.54) is 51.7 Å². The maximum atomic E-state index is 6.17. The van der Waals surface area contributed by atoms with Crippen molar-refractivity contribution in [1.82, 2.24) is 9.80 Å². The molecular weight excluding hydrogens is 222 g/mol. The molecule has 1 saturated heterocycles. The van der Waals surface area contributed by atoms with Crippen molar-refractivity contribution in [1.29, 1.82) is 0 Å². The van der Waals surface area contributed by atoms with Crippen LogP contribution >= 0.6 is 0 Å². The topological polar surface area (TPSA) is 32.5 Å². The minimum atomic E-state index is 0.291. The Morgan fingerprint density at radius 3 is 2.17 bits per heavy atom. The van der Waals surface area contributed by atoms with Gasteiger partial charge in [-0.15, -0.1) is 0 Å². The molecule has 18 heavy (non-hydrogen) atoms. The molecule has 3 nitrogen and oxygen atoms in total. The quantitative estimate of drug-likeness (QED) is 0.785. The summed E-state index contributed by atoms with van der Waals surface area (Å²) in [7, 11) is 2.33. The van der Waals surface area contributed by atoms with E-state index in [0.29, 0.717) is 5.54 Å². The van der Waals surface area contributed by atoms with E-state index in [1.54, 1.807) is 0 Å². The Morgan fingerprint density at radius 1 is 1.17 bits per heavy atom. The fraction of sp³-hybridized carbons (Fsp3) is 1.00. The Kier molecular flexibility index (Phi) is 4.68. The van der Waals surface area contributed by atoms with Crippen molar-refractivity contribution in [3.8, 4) is 0 Å². The lowest BCUT2D eigenvalue weighted by Gasteiger charge is -2.48. The number of nitrogens with two attached hydrogens (primary N) is 1. The van der Waals surface area contributed by atoms with Gasteiger partial charge in [-0.3, -0.25) is 4.90 Å². The Labute approximate surface area is 113 Å². The molecule has 0 aromatic heterocycles. The monoisotopic (exact) mass is 253 g/mol. The van der Waals surface area contributed by atoms with Crippen LogP contribution in [0.25, 0.3) is 0 Å². The van der Waals surface area contributed by atoms with Crippen molar-refractivity contribution in [2.75, 3.05) is 33.2 Å². The van der Waals surface area contributed by atoms with Crippen LogP contribution in [-0.2, 0) is 0 Å². The van der Waals surface area contributed by atoms with Gasteiger partial charge in [0.05, 0.1) is 0 Å². The Hall–Kier alpha value is -0.120. The van der Waals surface area contributed by atoms with Gasteiger partial charge in [0.1, 0.15) is 0 Å². The molecule has 1 aliphatic heterocycles. The van der Waals surface area contributed by atoms with Crippen LogP contribution in [-0.4, -0.2) is 54.6 Å². The molecule has 106 valence electrons. The van der Waals surface area contributed by atoms with Gasteiger partial charge < -0.3 is 10.6 Å². The third-order valence-corrected chi connectivity index (χ3v) is 5.56. The number of hydrogen-bond acceptors (Lipinski definition) is 3. The first-order chi connectivity index (χ1) is 8.67. The summed E-state index contributed by atoms with van der Waals surface area (Å²) in [6, 6.07) is 0.747. The Bertz CT molecular complexity index is 250. The third kappa shape index (κ3) is 2.59. The zero-order valence-corrected chi connectivity index (χ0v) is 12.5. The average Bonchev–Trinajstić information content (AvgIpc) is 3.26. The molecule has 2 fully saturated rings. The highest BCUT2D eigenvalue weighted by Crippen LogP contribution is 2.45. The van der Waals surface area contributed by atoms with Crippen molar-refractivity contribution in [3.05, 3.63) is 0 Å². The molecule has 0 radical (unpaired) electrons. The highest BCUT2D eigenvalue weighted by molar-refractivity contribution is 5.03. The normalized spacial score (nSPS) is 26.5. The van der Waals surface area contributed by atoms with Gasteiger partial charge in [-0.05, 0) is 64.7 Å². The van der Waals surface area contributed by atoms with Gasteiger partial charge in [-0.25, -0.2) is 0 Å². The minimum Gasteiger partial charge on any atom is -0.329 e. The molecule has 0 aromatic rings. The number of likely N-dealkylation sites (tertiary alicyclic amines) is 1. The summed E-state index contributed by atoms with van der Waals surface area (Å²) in [5, 5.41) is 0. The van der Waals surface area contributed by atoms with Gasteiger partial charge in [0, 0.05) is 18.1 Å². The van der Waals surface area contributed by atoms with E-state index in [9.17, 15) is 0 Å². The first-order valence-corrected chi connectivity index (χ1v) is 7.83. The van der Waals surface area contributed by atoms with Crippen LogP contribution in [0, 0.1) is 5.92 Å². The van der Waals surface area contributed by atoms with Crippen molar-refractivity contribution in [3.63, 3.8) is 0 Å². The zero-order valence-electron chi connectivity index (χ0n) is 12.5. The van der Waals surface area contributed by atoms with Crippen LogP contribution in [0.4, 0.5) is 0 Å². The highest BCUT2D eigenvalue weighted by atomic mass is 15.2. The van der Waals surface area contributed by atoms with E-state index in [2.05, 4.69) is 30.7 Å². The van der Waals surface area contributed by atoms with Gasteiger partial charge in [-0.1, -0.05) is 13.8 Å². The Morgan fingerprint density at radius 2 is 1.78 bits per heavy atom. The van der Waals surface area contributed by atoms with Gasteiger partial charge in [0.2, 0.25) is 0 Å². The van der Waals surface area contributed by atoms with Crippen molar-refractivity contribution >= 4 is 0 Å². The first-order valence-electron chi connectivity index (χ1n) is 7.83. The molecule has 1 heterocycles. The largest absolute Gasteiger partial charge is 0.329 e. The third-order valence-electron chi connectivity index (χ3n) is 5.56. The van der Waals surface area contributed by atoms with Crippen molar-refractivity contribution in [2.24, 2.45) is 11.7 Å². The van der Waals surface area contributed by atoms with Gasteiger partial charge in [-0.2, -0.15) is 0 Å². The fourth-order valence-electron chi connectivity index (χ4n) is 3.89. The molecule has 0 aromatic carbocycles. The summed E-state index contributed by atoms with van der Waals surface area (Å²) in [4.78, 5) is 5.23. The maximum absolute atomic E-state index is 6.17. The lowest BCUT2D eigenvalue weighted by molar-refractivity contribution is 0.0225. The van der Waals surface area contributed by atoms with Crippen LogP contribution < -0.4 is 5.73 Å². The summed E-state index contributed by atoms with van der Waals surface area (Å²) >= 11 is 0. The second-order valence-corrected chi connectivity index (χ2v) is 6.21. The molecule has 2 aliphatic rings. The van der Waals surface area contributed by atoms with E-state index in [0.717, 1.165) is 18.5 Å². The van der Waals surface area contributed by atoms with Crippen LogP contribution in [0.3, 0.4) is 0 Å². The van der Waals surface area contributed by atoms with Gasteiger partial charge in [0.25, 0.3) is 0 Å². The molecule has 2 N–H and O–H groups in total. The number of rotatable bonds is 6. The predicted octanol–water partition coefficient (Wildman–Crippen LogP) is 1.92. The second kappa shape index (κ2) is 5.89. The fourth-order valence-corrected chi connectivity index (χ4v) is 3.89. The SMILES string of the molecule is CCN1CCC(N(C)C(CC)(CN)C2CC2)CC1. The summed E-state index contributed by atoms with van der Waals surface area (Å²) in [5.74, 6) is 0.863. The standard InChI is InChI=1S/C15H31N3/c1-4-15(12-16,13-6-7-13)17(3)14-8-10-18(5-2)11-9-14/h13-14H,4-12,16H2,1-3H3. The van der Waals surface area contributed by atoms with E-state index in [1.807, 2.05) is 0 Å². The van der Waals surface area contributed by atoms with E-state index < -0.39 is 0 Å². The number of piperidine rings is 1. The molecule has 3 heteroatoms. The zero-order chi connectivity index (χ0) is 13.2. The van der Waals surface area contributed by atoms with E-state index >= 15 is 0 Å². The minimum absolute atomic E-state index is 0.291. The molecule has 0 spiro atoms. The van der Waals surface area contributed by atoms with Crippen LogP contribution in [0.15, 0.2) is 0 Å². The summed E-state index contributed by atoms with van der Waals surface area (Å²) < 4.78 is 0. The molecule has 0 bridgehead atoms. The smallest absolute Gasteiger partial charge is 0.0357 e. The van der Waals surface area contributed by atoms with Gasteiger partial charge >= 0.3 is 0 Å². The maximum Gasteiger partial charge on any atom is 0.0357 e. The predicted molar refractivity (Wildman–Crippen MR) is 77.7 cm³/mol. The molecule has 2 rings (SSSR count). The van der Waals surface area contributed by atoms with Crippen LogP contribution in [0.2, 0.25) is 0 Å². The van der Waals surface area contributed by atoms with Crippen molar-refractivity contribution in [2.45, 2.75) is 57.5 Å². The van der Waals surface area contributed by atoms with Crippen LogP contribution in [0.1, 0.15) is 46.0 Å². The lowest BCUT2D eigenvalue weighted by Crippen LogP contribution is -2.59. The first kappa shape index (κ1) is 14.3. The molecule has 0 amide bonds. The molecule has 1 atom stereocenters. The number of likely N-dealkylation sites (N-methyl/N-ethyl adjacent to an activating group) is 1. The summed E-state index contributed by atoms with van der Waals surface area (Å²) in [5.41, 5.74) is 6.46. The molecular formula is C15H31N3. The highest BCUT2D eigenvalue weighted by Gasteiger charge is 2.47. The van der Waals surface area contributed by atoms with Crippen molar-refractivity contribution < 1.29 is 0 Å². The molecule has 1 saturated carbocycles. The van der Waals surface area contributed by atoms with E-state index in [4.69, 9.17) is 5.73 Å². The summed E-state index contributed by atoms with van der Waals surface area (Å²) in [6.45, 7) is 9.15. The van der Waals surface area contributed by atoms with E-state index in [-0.39, 0.29) is 0 Å². The number of nitrogens with zero attached hydrogens (tertiary/aromatic N) is 2. The Balaban J connectivity index is 1.98. The molecule has 1 aliphatic carbocycles. The van der Waals surface area contributed by atoms with Gasteiger partial charge in [0.15, 0.2) is 0 Å².